The fourth-order valence-corrected chi connectivity index (χ4v) is 5.83. The Bertz CT molecular complexity index is 1520. The number of likely N-dealkylation sites (tertiary alicyclic amines) is 1. The first-order chi connectivity index (χ1) is 19.3. The van der Waals surface area contributed by atoms with Crippen LogP contribution < -0.4 is 5.32 Å². The normalized spacial score (nSPS) is 14.6. The number of hydrogen-bond donors (Lipinski definition) is 2. The van der Waals surface area contributed by atoms with E-state index in [1.807, 2.05) is 32.0 Å². The molecular weight excluding hydrogens is 500 g/mol. The van der Waals surface area contributed by atoms with Gasteiger partial charge in [-0.25, -0.2) is 0 Å². The molecule has 1 aromatic heterocycles. The number of carbonyl (C=O) groups is 1. The summed E-state index contributed by atoms with van der Waals surface area (Å²) in [5.74, 6) is 0.512. The van der Waals surface area contributed by atoms with Gasteiger partial charge in [-0.15, -0.1) is 0 Å². The molecule has 1 aliphatic rings. The quantitative estimate of drug-likeness (QED) is 0.171. The standard InChI is InChI=1S/C33H38N4O3/c1-22(2)33(38)34-27-11-5-9-25(20-27)24-15-18-36(19-16-24)17-7-14-30-29-13-4-8-23(3)31(29)35-32(30)26-10-6-12-28(21-26)37(39)40/h4-6,8-13,20-22,24,35H,7,14-19H2,1-3H3,(H,34,38). The van der Waals surface area contributed by atoms with E-state index in [2.05, 4.69) is 52.5 Å². The molecule has 0 atom stereocenters. The largest absolute Gasteiger partial charge is 0.354 e. The molecule has 1 saturated heterocycles. The number of fused-ring (bicyclic) bond motifs is 1. The van der Waals surface area contributed by atoms with E-state index in [-0.39, 0.29) is 22.4 Å². The predicted molar refractivity (Wildman–Crippen MR) is 162 cm³/mol. The van der Waals surface area contributed by atoms with Crippen LogP contribution >= 0.6 is 0 Å². The molecule has 7 nitrogen and oxygen atoms in total. The Balaban J connectivity index is 1.23. The van der Waals surface area contributed by atoms with Gasteiger partial charge in [0.15, 0.2) is 0 Å². The summed E-state index contributed by atoms with van der Waals surface area (Å²) >= 11 is 0. The van der Waals surface area contributed by atoms with Crippen LogP contribution in [0.4, 0.5) is 11.4 Å². The smallest absolute Gasteiger partial charge is 0.270 e. The Morgan fingerprint density at radius 2 is 1.82 bits per heavy atom. The number of benzene rings is 3. The third kappa shape index (κ3) is 6.10. The Kier molecular flexibility index (Phi) is 8.31. The number of nitrogens with one attached hydrogen (secondary N) is 2. The van der Waals surface area contributed by atoms with Gasteiger partial charge in [0.05, 0.1) is 4.92 Å². The first-order valence-electron chi connectivity index (χ1n) is 14.3. The Labute approximate surface area is 235 Å². The lowest BCUT2D eigenvalue weighted by Crippen LogP contribution is -2.33. The van der Waals surface area contributed by atoms with Gasteiger partial charge in [0.2, 0.25) is 5.91 Å². The van der Waals surface area contributed by atoms with Crippen LogP contribution in [0.5, 0.6) is 0 Å². The Hall–Kier alpha value is -3.97. The van der Waals surface area contributed by atoms with Crippen molar-refractivity contribution in [3.63, 3.8) is 0 Å². The van der Waals surface area contributed by atoms with Crippen molar-refractivity contribution in [3.8, 4) is 11.3 Å². The third-order valence-corrected chi connectivity index (χ3v) is 8.13. The molecule has 0 spiro atoms. The molecule has 0 radical (unpaired) electrons. The number of nitro benzene ring substituents is 1. The number of nitro groups is 1. The highest BCUT2D eigenvalue weighted by Gasteiger charge is 2.22. The molecule has 0 bridgehead atoms. The van der Waals surface area contributed by atoms with E-state index in [4.69, 9.17) is 0 Å². The van der Waals surface area contributed by atoms with E-state index in [9.17, 15) is 14.9 Å². The van der Waals surface area contributed by atoms with Gasteiger partial charge in [-0.2, -0.15) is 0 Å². The van der Waals surface area contributed by atoms with E-state index in [1.54, 1.807) is 18.2 Å². The van der Waals surface area contributed by atoms with Crippen molar-refractivity contribution in [2.24, 2.45) is 5.92 Å². The maximum Gasteiger partial charge on any atom is 0.270 e. The highest BCUT2D eigenvalue weighted by atomic mass is 16.6. The van der Waals surface area contributed by atoms with E-state index in [1.165, 1.54) is 22.1 Å². The first-order valence-corrected chi connectivity index (χ1v) is 14.3. The molecule has 0 unspecified atom stereocenters. The fourth-order valence-electron chi connectivity index (χ4n) is 5.83. The minimum absolute atomic E-state index is 0.0394. The van der Waals surface area contributed by atoms with Gasteiger partial charge in [-0.1, -0.05) is 56.3 Å². The average molecular weight is 539 g/mol. The minimum atomic E-state index is -0.335. The third-order valence-electron chi connectivity index (χ3n) is 8.13. The number of hydrogen-bond acceptors (Lipinski definition) is 4. The van der Waals surface area contributed by atoms with Crippen LogP contribution in [0.1, 0.15) is 55.7 Å². The van der Waals surface area contributed by atoms with Crippen molar-refractivity contribution in [2.75, 3.05) is 25.0 Å². The van der Waals surface area contributed by atoms with Gasteiger partial charge < -0.3 is 15.2 Å². The average Bonchev–Trinajstić information content (AvgIpc) is 3.33. The van der Waals surface area contributed by atoms with Crippen molar-refractivity contribution in [1.82, 2.24) is 9.88 Å². The SMILES string of the molecule is Cc1cccc2c(CCCN3CCC(c4cccc(NC(=O)C(C)C)c4)CC3)c(-c3cccc([N+](=O)[O-])c3)[nH]c12. The van der Waals surface area contributed by atoms with Gasteiger partial charge in [-0.3, -0.25) is 14.9 Å². The number of anilines is 1. The summed E-state index contributed by atoms with van der Waals surface area (Å²) < 4.78 is 0. The summed E-state index contributed by atoms with van der Waals surface area (Å²) in [6.45, 7) is 9.03. The van der Waals surface area contributed by atoms with Gasteiger partial charge >= 0.3 is 0 Å². The van der Waals surface area contributed by atoms with Crippen LogP contribution in [0.3, 0.4) is 0 Å². The van der Waals surface area contributed by atoms with E-state index < -0.39 is 0 Å². The molecule has 2 heterocycles. The highest BCUT2D eigenvalue weighted by Crippen LogP contribution is 2.35. The number of carbonyl (C=O) groups excluding carboxylic acids is 1. The summed E-state index contributed by atoms with van der Waals surface area (Å²) in [7, 11) is 0. The molecule has 3 aromatic carbocycles. The van der Waals surface area contributed by atoms with Gasteiger partial charge in [0, 0.05) is 45.9 Å². The maximum atomic E-state index is 12.1. The number of non-ortho nitro benzene ring substituents is 1. The van der Waals surface area contributed by atoms with Crippen molar-refractivity contribution in [2.45, 2.75) is 52.4 Å². The number of H-pyrrole nitrogens is 1. The Morgan fingerprint density at radius 3 is 2.58 bits per heavy atom. The number of aryl methyl sites for hydroxylation is 2. The second kappa shape index (κ2) is 12.0. The fraction of sp³-hybridized carbons (Fsp3) is 0.364. The molecule has 0 aliphatic carbocycles. The van der Waals surface area contributed by atoms with Gasteiger partial charge in [-0.05, 0) is 87.0 Å². The molecule has 2 N–H and O–H groups in total. The zero-order valence-corrected chi connectivity index (χ0v) is 23.6. The maximum absolute atomic E-state index is 12.1. The number of aromatic amines is 1. The van der Waals surface area contributed by atoms with Gasteiger partial charge in [0.1, 0.15) is 0 Å². The molecule has 0 saturated carbocycles. The molecule has 1 amide bonds. The van der Waals surface area contributed by atoms with Crippen molar-refractivity contribution >= 4 is 28.2 Å². The highest BCUT2D eigenvalue weighted by molar-refractivity contribution is 5.93. The minimum Gasteiger partial charge on any atom is -0.354 e. The molecule has 5 rings (SSSR count). The van der Waals surface area contributed by atoms with E-state index >= 15 is 0 Å². The first kappa shape index (κ1) is 27.6. The molecule has 40 heavy (non-hydrogen) atoms. The molecule has 1 aliphatic heterocycles. The van der Waals surface area contributed by atoms with Crippen molar-refractivity contribution in [1.29, 1.82) is 0 Å². The molecule has 1 fully saturated rings. The second-order valence-corrected chi connectivity index (χ2v) is 11.3. The number of nitrogens with zero attached hydrogens (tertiary/aromatic N) is 2. The van der Waals surface area contributed by atoms with Crippen LogP contribution in [0.25, 0.3) is 22.2 Å². The van der Waals surface area contributed by atoms with E-state index in [0.717, 1.165) is 67.8 Å². The predicted octanol–water partition coefficient (Wildman–Crippen LogP) is 7.46. The van der Waals surface area contributed by atoms with Crippen molar-refractivity contribution in [3.05, 3.63) is 93.5 Å². The summed E-state index contributed by atoms with van der Waals surface area (Å²) in [5, 5.41) is 15.6. The zero-order chi connectivity index (χ0) is 28.2. The van der Waals surface area contributed by atoms with Crippen LogP contribution in [0, 0.1) is 23.0 Å². The lowest BCUT2D eigenvalue weighted by Gasteiger charge is -2.32. The monoisotopic (exact) mass is 538 g/mol. The number of amides is 1. The lowest BCUT2D eigenvalue weighted by atomic mass is 9.89. The molecule has 7 heteroatoms. The van der Waals surface area contributed by atoms with Crippen molar-refractivity contribution < 1.29 is 9.72 Å². The summed E-state index contributed by atoms with van der Waals surface area (Å²) in [4.78, 5) is 29.3. The summed E-state index contributed by atoms with van der Waals surface area (Å²) in [5.41, 5.74) is 7.63. The molecular formula is C33H38N4O3. The number of aromatic nitrogens is 1. The molecule has 208 valence electrons. The van der Waals surface area contributed by atoms with Crippen LogP contribution in [0.15, 0.2) is 66.7 Å². The summed E-state index contributed by atoms with van der Waals surface area (Å²) in [6, 6.07) is 21.6. The number of piperidine rings is 1. The van der Waals surface area contributed by atoms with E-state index in [0.29, 0.717) is 5.92 Å². The van der Waals surface area contributed by atoms with Gasteiger partial charge in [0.25, 0.3) is 5.69 Å². The molecule has 4 aromatic rings. The van der Waals surface area contributed by atoms with Crippen LogP contribution in [-0.4, -0.2) is 40.3 Å². The van der Waals surface area contributed by atoms with Crippen LogP contribution in [-0.2, 0) is 11.2 Å². The Morgan fingerprint density at radius 1 is 1.07 bits per heavy atom. The number of rotatable bonds is 9. The lowest BCUT2D eigenvalue weighted by molar-refractivity contribution is -0.384. The second-order valence-electron chi connectivity index (χ2n) is 11.3. The topological polar surface area (TPSA) is 91.3 Å². The number of para-hydroxylation sites is 1. The van der Waals surface area contributed by atoms with Crippen LogP contribution in [0.2, 0.25) is 0 Å². The zero-order valence-electron chi connectivity index (χ0n) is 23.6. The summed E-state index contributed by atoms with van der Waals surface area (Å²) in [6.07, 6.45) is 4.13.